The third kappa shape index (κ3) is 4.78. The predicted molar refractivity (Wildman–Crippen MR) is 64.3 cm³/mol. The van der Waals surface area contributed by atoms with E-state index in [0.29, 0.717) is 26.2 Å². The molecule has 0 aromatic heterocycles. The molecule has 0 radical (unpaired) electrons. The Balaban J connectivity index is 2.44. The van der Waals surface area contributed by atoms with Crippen LogP contribution in [0.3, 0.4) is 0 Å². The predicted octanol–water partition coefficient (Wildman–Crippen LogP) is -0.971. The van der Waals surface area contributed by atoms with Crippen molar-refractivity contribution in [1.29, 1.82) is 0 Å². The highest BCUT2D eigenvalue weighted by Gasteiger charge is 2.28. The van der Waals surface area contributed by atoms with Crippen molar-refractivity contribution in [2.75, 3.05) is 51.8 Å². The molecule has 1 aliphatic heterocycles. The van der Waals surface area contributed by atoms with Crippen molar-refractivity contribution in [3.05, 3.63) is 0 Å². The maximum absolute atomic E-state index is 11.2. The first-order chi connectivity index (χ1) is 7.20. The highest BCUT2D eigenvalue weighted by atomic mass is 32.2. The van der Waals surface area contributed by atoms with E-state index in [1.54, 1.807) is 6.92 Å². The molecule has 0 saturated carbocycles. The topological polar surface area (TPSA) is 60.9 Å². The molecule has 0 bridgehead atoms. The number of hydrogen-bond donors (Lipinski definition) is 1. The summed E-state index contributed by atoms with van der Waals surface area (Å²) in [5.41, 5.74) is -0.787. The van der Waals surface area contributed by atoms with E-state index in [1.165, 1.54) is 0 Å². The van der Waals surface area contributed by atoms with Crippen molar-refractivity contribution in [3.63, 3.8) is 0 Å². The van der Waals surface area contributed by atoms with Gasteiger partial charge in [-0.25, -0.2) is 8.42 Å². The van der Waals surface area contributed by atoms with Crippen molar-refractivity contribution in [3.8, 4) is 0 Å². The van der Waals surface area contributed by atoms with E-state index < -0.39 is 15.4 Å². The van der Waals surface area contributed by atoms with Crippen molar-refractivity contribution in [2.45, 2.75) is 12.5 Å². The van der Waals surface area contributed by atoms with E-state index in [9.17, 15) is 13.5 Å². The van der Waals surface area contributed by atoms with E-state index in [-0.39, 0.29) is 11.5 Å². The van der Waals surface area contributed by atoms with Crippen LogP contribution in [0.4, 0.5) is 0 Å². The summed E-state index contributed by atoms with van der Waals surface area (Å²) < 4.78 is 22.5. The zero-order valence-corrected chi connectivity index (χ0v) is 11.1. The first-order valence-electron chi connectivity index (χ1n) is 5.50. The first-order valence-corrected chi connectivity index (χ1v) is 7.32. The summed E-state index contributed by atoms with van der Waals surface area (Å²) >= 11 is 0. The normalized spacial score (nSPS) is 25.6. The molecule has 0 amide bonds. The lowest BCUT2D eigenvalue weighted by molar-refractivity contribution is 0.00195. The molecule has 1 N–H and O–H groups in total. The van der Waals surface area contributed by atoms with Crippen LogP contribution in [0, 0.1) is 0 Å². The Morgan fingerprint density at radius 2 is 1.81 bits per heavy atom. The SMILES string of the molecule is CN(C)CC(C)(O)CN1CCS(=O)(=O)CC1. The van der Waals surface area contributed by atoms with Gasteiger partial charge in [-0.3, -0.25) is 4.90 Å². The van der Waals surface area contributed by atoms with Crippen LogP contribution in [-0.2, 0) is 9.84 Å². The minimum atomic E-state index is -2.83. The molecule has 6 heteroatoms. The van der Waals surface area contributed by atoms with Gasteiger partial charge >= 0.3 is 0 Å². The van der Waals surface area contributed by atoms with Crippen LogP contribution >= 0.6 is 0 Å². The maximum atomic E-state index is 11.2. The molecule has 5 nitrogen and oxygen atoms in total. The van der Waals surface area contributed by atoms with Gasteiger partial charge in [0.1, 0.15) is 0 Å². The molecule has 1 aliphatic rings. The minimum absolute atomic E-state index is 0.213. The molecule has 1 fully saturated rings. The van der Waals surface area contributed by atoms with E-state index in [1.807, 2.05) is 23.9 Å². The quantitative estimate of drug-likeness (QED) is 0.695. The zero-order chi connectivity index (χ0) is 12.4. The number of rotatable bonds is 4. The second kappa shape index (κ2) is 5.00. The summed E-state index contributed by atoms with van der Waals surface area (Å²) in [4.78, 5) is 3.95. The minimum Gasteiger partial charge on any atom is -0.388 e. The first kappa shape index (κ1) is 13.9. The highest BCUT2D eigenvalue weighted by Crippen LogP contribution is 2.11. The molecule has 0 spiro atoms. The third-order valence-electron chi connectivity index (χ3n) is 2.66. The van der Waals surface area contributed by atoms with E-state index >= 15 is 0 Å². The van der Waals surface area contributed by atoms with Gasteiger partial charge in [0, 0.05) is 26.2 Å². The molecule has 0 aliphatic carbocycles. The Kier molecular flexibility index (Phi) is 4.34. The van der Waals surface area contributed by atoms with Gasteiger partial charge in [0.2, 0.25) is 0 Å². The summed E-state index contributed by atoms with van der Waals surface area (Å²) in [7, 11) is 0.996. The molecule has 16 heavy (non-hydrogen) atoms. The third-order valence-corrected chi connectivity index (χ3v) is 4.27. The van der Waals surface area contributed by atoms with Gasteiger partial charge in [-0.05, 0) is 21.0 Å². The van der Waals surface area contributed by atoms with Crippen molar-refractivity contribution in [1.82, 2.24) is 9.80 Å². The Morgan fingerprint density at radius 3 is 2.25 bits per heavy atom. The average molecular weight is 250 g/mol. The van der Waals surface area contributed by atoms with Crippen LogP contribution in [0.1, 0.15) is 6.92 Å². The largest absolute Gasteiger partial charge is 0.388 e. The number of nitrogens with zero attached hydrogens (tertiary/aromatic N) is 2. The fourth-order valence-corrected chi connectivity index (χ4v) is 3.40. The van der Waals surface area contributed by atoms with Crippen LogP contribution in [0.25, 0.3) is 0 Å². The molecule has 0 aromatic rings. The fraction of sp³-hybridized carbons (Fsp3) is 1.00. The van der Waals surface area contributed by atoms with Crippen LogP contribution in [0.5, 0.6) is 0 Å². The summed E-state index contributed by atoms with van der Waals surface area (Å²) in [6.07, 6.45) is 0. The second-order valence-electron chi connectivity index (χ2n) is 5.16. The van der Waals surface area contributed by atoms with Gasteiger partial charge in [-0.1, -0.05) is 0 Å². The lowest BCUT2D eigenvalue weighted by Gasteiger charge is -2.35. The fourth-order valence-electron chi connectivity index (χ4n) is 2.12. The highest BCUT2D eigenvalue weighted by molar-refractivity contribution is 7.91. The standard InChI is InChI=1S/C10H22N2O3S/c1-10(13,8-11(2)3)9-12-4-6-16(14,15)7-5-12/h13H,4-9H2,1-3H3. The van der Waals surface area contributed by atoms with Crippen molar-refractivity contribution < 1.29 is 13.5 Å². The molecule has 1 heterocycles. The molecule has 96 valence electrons. The Labute approximate surface area is 98.0 Å². The van der Waals surface area contributed by atoms with Crippen LogP contribution < -0.4 is 0 Å². The molecule has 1 rings (SSSR count). The number of likely N-dealkylation sites (N-methyl/N-ethyl adjacent to an activating group) is 1. The maximum Gasteiger partial charge on any atom is 0.152 e. The molecular weight excluding hydrogens is 228 g/mol. The van der Waals surface area contributed by atoms with Gasteiger partial charge in [-0.2, -0.15) is 0 Å². The van der Waals surface area contributed by atoms with Crippen LogP contribution in [-0.4, -0.2) is 80.7 Å². The molecule has 1 unspecified atom stereocenters. The number of hydrogen-bond acceptors (Lipinski definition) is 5. The number of β-amino-alcohol motifs (C(OH)–C–C–N with tert-alkyl or cyclic N) is 1. The molecule has 0 aromatic carbocycles. The van der Waals surface area contributed by atoms with E-state index in [4.69, 9.17) is 0 Å². The number of aliphatic hydroxyl groups is 1. The summed E-state index contributed by atoms with van der Waals surface area (Å²) in [6.45, 7) is 3.96. The van der Waals surface area contributed by atoms with E-state index in [2.05, 4.69) is 0 Å². The van der Waals surface area contributed by atoms with Crippen molar-refractivity contribution in [2.24, 2.45) is 0 Å². The second-order valence-corrected chi connectivity index (χ2v) is 7.47. The molecular formula is C10H22N2O3S. The zero-order valence-electron chi connectivity index (χ0n) is 10.3. The smallest absolute Gasteiger partial charge is 0.152 e. The van der Waals surface area contributed by atoms with Crippen molar-refractivity contribution >= 4 is 9.84 Å². The summed E-state index contributed by atoms with van der Waals surface area (Å²) in [5.74, 6) is 0.427. The van der Waals surface area contributed by atoms with Gasteiger partial charge in [0.25, 0.3) is 0 Å². The van der Waals surface area contributed by atoms with Gasteiger partial charge < -0.3 is 10.0 Å². The Morgan fingerprint density at radius 1 is 1.31 bits per heavy atom. The van der Waals surface area contributed by atoms with E-state index in [0.717, 1.165) is 0 Å². The Bertz CT molecular complexity index is 311. The summed E-state index contributed by atoms with van der Waals surface area (Å²) in [5, 5.41) is 10.1. The van der Waals surface area contributed by atoms with Gasteiger partial charge in [-0.15, -0.1) is 0 Å². The monoisotopic (exact) mass is 250 g/mol. The lowest BCUT2D eigenvalue weighted by atomic mass is 10.1. The lowest BCUT2D eigenvalue weighted by Crippen LogP contribution is -2.51. The van der Waals surface area contributed by atoms with Crippen LogP contribution in [0.2, 0.25) is 0 Å². The Hall–Kier alpha value is -0.170. The number of sulfone groups is 1. The average Bonchev–Trinajstić information content (AvgIpc) is 2.06. The molecule has 1 atom stereocenters. The van der Waals surface area contributed by atoms with Gasteiger partial charge in [0.05, 0.1) is 17.1 Å². The molecule has 1 saturated heterocycles. The van der Waals surface area contributed by atoms with Crippen LogP contribution in [0.15, 0.2) is 0 Å². The summed E-state index contributed by atoms with van der Waals surface area (Å²) in [6, 6.07) is 0. The van der Waals surface area contributed by atoms with Gasteiger partial charge in [0.15, 0.2) is 9.84 Å².